The Kier molecular flexibility index (Phi) is 8.99. The Bertz CT molecular complexity index is 3000. The van der Waals surface area contributed by atoms with Crippen LogP contribution in [0.3, 0.4) is 0 Å². The zero-order chi connectivity index (χ0) is 41.2. The number of fused-ring (bicyclic) bond motifs is 7. The third kappa shape index (κ3) is 6.44. The molecule has 0 bridgehead atoms. The van der Waals surface area contributed by atoms with Crippen LogP contribution >= 0.6 is 0 Å². The van der Waals surface area contributed by atoms with E-state index in [1.807, 2.05) is 0 Å². The quantitative estimate of drug-likeness (QED) is 0.155. The van der Waals surface area contributed by atoms with Crippen molar-refractivity contribution in [3.8, 4) is 0 Å². The minimum atomic E-state index is -0.149. The highest BCUT2D eigenvalue weighted by molar-refractivity contribution is 6.18. The molecule has 0 amide bonds. The first kappa shape index (κ1) is 37.4. The zero-order valence-corrected chi connectivity index (χ0v) is 35.4. The van der Waals surface area contributed by atoms with E-state index in [0.29, 0.717) is 0 Å². The molecule has 0 radical (unpaired) electrons. The highest BCUT2D eigenvalue weighted by atomic mass is 15.2. The number of benzene rings is 10. The second-order valence-corrected chi connectivity index (χ2v) is 18.3. The molecule has 10 rings (SSSR count). The van der Waals surface area contributed by atoms with Gasteiger partial charge in [-0.2, -0.15) is 0 Å². The maximum atomic E-state index is 2.53. The minimum absolute atomic E-state index is 0.149. The fourth-order valence-electron chi connectivity index (χ4n) is 9.07. The van der Waals surface area contributed by atoms with E-state index in [1.165, 1.54) is 65.0 Å². The average molecular weight is 775 g/mol. The lowest BCUT2D eigenvalue weighted by Crippen LogP contribution is -2.18. The van der Waals surface area contributed by atoms with Crippen LogP contribution in [-0.2, 0) is 10.8 Å². The average Bonchev–Trinajstić information content (AvgIpc) is 3.26. The molecule has 0 saturated carbocycles. The maximum Gasteiger partial charge on any atom is 0.0546 e. The van der Waals surface area contributed by atoms with Crippen molar-refractivity contribution in [1.82, 2.24) is 0 Å². The van der Waals surface area contributed by atoms with E-state index in [4.69, 9.17) is 0 Å². The summed E-state index contributed by atoms with van der Waals surface area (Å²) in [5.41, 5.74) is 9.13. The van der Waals surface area contributed by atoms with Gasteiger partial charge in [0, 0.05) is 32.9 Å². The molecule has 0 N–H and O–H groups in total. The van der Waals surface area contributed by atoms with Crippen molar-refractivity contribution < 1.29 is 0 Å². The summed E-state index contributed by atoms with van der Waals surface area (Å²) >= 11 is 0. The minimum Gasteiger partial charge on any atom is -0.309 e. The van der Waals surface area contributed by atoms with Crippen LogP contribution in [-0.4, -0.2) is 0 Å². The molecular weight excluding hydrogens is 725 g/mol. The topological polar surface area (TPSA) is 6.48 Å². The molecule has 0 aliphatic heterocycles. The van der Waals surface area contributed by atoms with Crippen molar-refractivity contribution >= 4 is 88.0 Å². The molecule has 0 atom stereocenters. The second kappa shape index (κ2) is 14.4. The molecule has 0 aliphatic rings. The van der Waals surface area contributed by atoms with Gasteiger partial charge in [0.1, 0.15) is 0 Å². The molecule has 0 unspecified atom stereocenters. The smallest absolute Gasteiger partial charge is 0.0546 e. The Hall–Kier alpha value is -6.90. The summed E-state index contributed by atoms with van der Waals surface area (Å²) in [6.07, 6.45) is 0. The zero-order valence-electron chi connectivity index (χ0n) is 35.4. The Morgan fingerprint density at radius 1 is 0.267 bits per heavy atom. The molecule has 10 aromatic rings. The van der Waals surface area contributed by atoms with Crippen molar-refractivity contribution in [3.05, 3.63) is 205 Å². The van der Waals surface area contributed by atoms with E-state index in [0.717, 1.165) is 34.1 Å². The third-order valence-corrected chi connectivity index (χ3v) is 12.2. The predicted octanol–water partition coefficient (Wildman–Crippen LogP) is 17.0. The van der Waals surface area contributed by atoms with Gasteiger partial charge in [0.15, 0.2) is 0 Å². The van der Waals surface area contributed by atoms with Crippen molar-refractivity contribution in [3.63, 3.8) is 0 Å². The van der Waals surface area contributed by atoms with Gasteiger partial charge in [0.05, 0.1) is 22.7 Å². The van der Waals surface area contributed by atoms with Gasteiger partial charge in [-0.25, -0.2) is 0 Å². The third-order valence-electron chi connectivity index (χ3n) is 12.2. The van der Waals surface area contributed by atoms with Gasteiger partial charge < -0.3 is 9.80 Å². The monoisotopic (exact) mass is 774 g/mol. The lowest BCUT2D eigenvalue weighted by Gasteiger charge is -2.34. The molecule has 0 aliphatic carbocycles. The Morgan fingerprint density at radius 3 is 0.933 bits per heavy atom. The summed E-state index contributed by atoms with van der Waals surface area (Å²) in [5, 5.41) is 12.3. The van der Waals surface area contributed by atoms with Crippen LogP contribution in [0.5, 0.6) is 0 Å². The predicted molar refractivity (Wildman–Crippen MR) is 261 cm³/mol. The highest BCUT2D eigenvalue weighted by Gasteiger charge is 2.28. The summed E-state index contributed by atoms with van der Waals surface area (Å²) < 4.78 is 0. The van der Waals surface area contributed by atoms with Gasteiger partial charge in [-0.05, 0) is 115 Å². The summed E-state index contributed by atoms with van der Waals surface area (Å²) in [4.78, 5) is 5.06. The first-order chi connectivity index (χ1) is 29.0. The number of hydrogen-bond acceptors (Lipinski definition) is 2. The maximum absolute atomic E-state index is 2.53. The number of nitrogens with zero attached hydrogens (tertiary/aromatic N) is 2. The van der Waals surface area contributed by atoms with Gasteiger partial charge >= 0.3 is 0 Å². The van der Waals surface area contributed by atoms with Gasteiger partial charge in [0.2, 0.25) is 0 Å². The van der Waals surface area contributed by atoms with E-state index in [-0.39, 0.29) is 10.8 Å². The standard InChI is InChI=1S/C58H50N2/c1-57(2,3)41-35-51-52(55(37-41)59(43-23-9-7-10-24-43)53-33-39-21-13-15-27-45(39)47-29-17-19-31-49(47)53)36-42(58(4,5)6)38-56(51)60(44-25-11-8-12-26-44)54-34-40-22-14-16-28-46(40)48-30-18-20-32-50(48)54/h7-38H,1-6H3. The molecule has 10 aromatic carbocycles. The van der Waals surface area contributed by atoms with Gasteiger partial charge in [-0.3, -0.25) is 0 Å². The Balaban J connectivity index is 1.38. The number of rotatable bonds is 6. The van der Waals surface area contributed by atoms with Crippen LogP contribution in [0, 0.1) is 0 Å². The molecule has 60 heavy (non-hydrogen) atoms. The number of anilines is 6. The van der Waals surface area contributed by atoms with Crippen LogP contribution in [0.2, 0.25) is 0 Å². The van der Waals surface area contributed by atoms with Crippen molar-refractivity contribution in [1.29, 1.82) is 0 Å². The SMILES string of the molecule is CC(C)(C)c1cc(N(c2ccccc2)c2cc3ccccc3c3ccccc23)c2cc(C(C)(C)C)cc(N(c3ccccc3)c3cc4ccccc4c4ccccc34)c2c1. The Labute approximate surface area is 354 Å². The second-order valence-electron chi connectivity index (χ2n) is 18.3. The lowest BCUT2D eigenvalue weighted by atomic mass is 9.81. The summed E-state index contributed by atoms with van der Waals surface area (Å²) in [6, 6.07) is 72.0. The van der Waals surface area contributed by atoms with Crippen LogP contribution in [0.4, 0.5) is 34.1 Å². The number of hydrogen-bond donors (Lipinski definition) is 0. The Morgan fingerprint density at radius 2 is 0.567 bits per heavy atom. The van der Waals surface area contributed by atoms with Crippen LogP contribution in [0.1, 0.15) is 52.7 Å². The summed E-state index contributed by atoms with van der Waals surface area (Å²) in [7, 11) is 0. The van der Waals surface area contributed by atoms with Crippen molar-refractivity contribution in [2.45, 2.75) is 52.4 Å². The normalized spacial score (nSPS) is 12.2. The molecule has 2 nitrogen and oxygen atoms in total. The highest BCUT2D eigenvalue weighted by Crippen LogP contribution is 2.51. The van der Waals surface area contributed by atoms with E-state index >= 15 is 0 Å². The molecule has 292 valence electrons. The van der Waals surface area contributed by atoms with Crippen LogP contribution in [0.25, 0.3) is 53.9 Å². The fourth-order valence-corrected chi connectivity index (χ4v) is 9.07. The molecule has 0 aromatic heterocycles. The fraction of sp³-hybridized carbons (Fsp3) is 0.138. The van der Waals surface area contributed by atoms with Crippen molar-refractivity contribution in [2.24, 2.45) is 0 Å². The van der Waals surface area contributed by atoms with Crippen LogP contribution < -0.4 is 9.80 Å². The summed E-state index contributed by atoms with van der Waals surface area (Å²) in [5.74, 6) is 0. The summed E-state index contributed by atoms with van der Waals surface area (Å²) in [6.45, 7) is 14.0. The molecule has 0 heterocycles. The van der Waals surface area contributed by atoms with Crippen LogP contribution in [0.15, 0.2) is 194 Å². The molecule has 2 heteroatoms. The molecule has 0 spiro atoms. The molecule has 0 fully saturated rings. The first-order valence-corrected chi connectivity index (χ1v) is 21.2. The van der Waals surface area contributed by atoms with E-state index < -0.39 is 0 Å². The van der Waals surface area contributed by atoms with E-state index in [2.05, 4.69) is 245 Å². The van der Waals surface area contributed by atoms with Gasteiger partial charge in [-0.1, -0.05) is 175 Å². The number of para-hydroxylation sites is 2. The van der Waals surface area contributed by atoms with Crippen molar-refractivity contribution in [2.75, 3.05) is 9.80 Å². The van der Waals surface area contributed by atoms with Gasteiger partial charge in [-0.15, -0.1) is 0 Å². The molecule has 0 saturated heterocycles. The largest absolute Gasteiger partial charge is 0.309 e. The first-order valence-electron chi connectivity index (χ1n) is 21.2. The van der Waals surface area contributed by atoms with E-state index in [9.17, 15) is 0 Å². The van der Waals surface area contributed by atoms with E-state index in [1.54, 1.807) is 0 Å². The van der Waals surface area contributed by atoms with Gasteiger partial charge in [0.25, 0.3) is 0 Å². The molecular formula is C58H50N2. The lowest BCUT2D eigenvalue weighted by molar-refractivity contribution is 0.589.